The van der Waals surface area contributed by atoms with Crippen LogP contribution in [0.3, 0.4) is 0 Å². The first-order valence-corrected chi connectivity index (χ1v) is 14.9. The maximum Gasteiger partial charge on any atom is 0.326 e. The van der Waals surface area contributed by atoms with Crippen LogP contribution in [-0.4, -0.2) is 106 Å². The highest BCUT2D eigenvalue weighted by Crippen LogP contribution is 2.10. The number of nitrogens with two attached hydrogens (primary N) is 3. The van der Waals surface area contributed by atoms with Crippen molar-refractivity contribution in [3.8, 4) is 0 Å². The molecule has 0 rings (SSSR count). The summed E-state index contributed by atoms with van der Waals surface area (Å²) < 4.78 is 0. The number of hydrogen-bond acceptors (Lipinski definition) is 10. The number of rotatable bonds is 24. The predicted molar refractivity (Wildman–Crippen MR) is 164 cm³/mol. The Bertz CT molecular complexity index is 1070. The van der Waals surface area contributed by atoms with E-state index in [-0.39, 0.29) is 44.1 Å². The Morgan fingerprint density at radius 1 is 0.696 bits per heavy atom. The van der Waals surface area contributed by atoms with Crippen molar-refractivity contribution >= 4 is 47.5 Å². The molecule has 0 spiro atoms. The van der Waals surface area contributed by atoms with E-state index in [0.717, 1.165) is 0 Å². The number of nitrogens with one attached hydrogen (secondary N) is 6. The lowest BCUT2D eigenvalue weighted by molar-refractivity contribution is -0.143. The van der Waals surface area contributed by atoms with Gasteiger partial charge in [-0.3, -0.25) is 34.2 Å². The molecule has 19 nitrogen and oxygen atoms in total. The SMILES string of the molecule is CC(C)C[C@H](NC(=O)[C@H](CCC(=O)O)NC(=O)[C@H](N)CC(=O)O)C(=O)N[C@@H](CCCNC(=N)N)C(=O)N[C@H](CCCCN)C(=O)O. The van der Waals surface area contributed by atoms with E-state index in [4.69, 9.17) is 32.8 Å². The lowest BCUT2D eigenvalue weighted by Crippen LogP contribution is -2.58. The smallest absolute Gasteiger partial charge is 0.326 e. The molecule has 0 aliphatic heterocycles. The van der Waals surface area contributed by atoms with Gasteiger partial charge in [-0.25, -0.2) is 4.79 Å². The van der Waals surface area contributed by atoms with Crippen LogP contribution in [0.15, 0.2) is 0 Å². The maximum absolute atomic E-state index is 13.5. The Kier molecular flexibility index (Phi) is 19.9. The van der Waals surface area contributed by atoms with E-state index in [9.17, 15) is 38.7 Å². The van der Waals surface area contributed by atoms with Crippen molar-refractivity contribution in [3.63, 3.8) is 0 Å². The summed E-state index contributed by atoms with van der Waals surface area (Å²) in [5, 5.41) is 47.1. The minimum Gasteiger partial charge on any atom is -0.481 e. The van der Waals surface area contributed by atoms with Crippen LogP contribution in [0.25, 0.3) is 0 Å². The Morgan fingerprint density at radius 3 is 1.70 bits per heavy atom. The average molecular weight is 660 g/mol. The fraction of sp³-hybridized carbons (Fsp3) is 0.704. The molecule has 4 amide bonds. The first-order valence-electron chi connectivity index (χ1n) is 14.9. The summed E-state index contributed by atoms with van der Waals surface area (Å²) >= 11 is 0. The van der Waals surface area contributed by atoms with Crippen molar-refractivity contribution in [1.29, 1.82) is 5.41 Å². The molecule has 0 aromatic heterocycles. The summed E-state index contributed by atoms with van der Waals surface area (Å²) in [6.45, 7) is 3.99. The van der Waals surface area contributed by atoms with Crippen molar-refractivity contribution in [2.24, 2.45) is 23.1 Å². The molecule has 0 unspecified atom stereocenters. The van der Waals surface area contributed by atoms with Crippen LogP contribution in [0.2, 0.25) is 0 Å². The number of guanidine groups is 1. The van der Waals surface area contributed by atoms with Gasteiger partial charge in [0.2, 0.25) is 23.6 Å². The van der Waals surface area contributed by atoms with Gasteiger partial charge in [0, 0.05) is 13.0 Å². The summed E-state index contributed by atoms with van der Waals surface area (Å²) in [6, 6.07) is -6.83. The molecule has 262 valence electrons. The third kappa shape index (κ3) is 18.3. The fourth-order valence-electron chi connectivity index (χ4n) is 4.16. The molecular formula is C27H49N9O10. The van der Waals surface area contributed by atoms with E-state index >= 15 is 0 Å². The second-order valence-electron chi connectivity index (χ2n) is 11.1. The molecule has 46 heavy (non-hydrogen) atoms. The molecule has 0 aromatic rings. The van der Waals surface area contributed by atoms with Crippen molar-refractivity contribution < 1.29 is 48.9 Å². The second-order valence-corrected chi connectivity index (χ2v) is 11.1. The van der Waals surface area contributed by atoms with E-state index in [1.165, 1.54) is 0 Å². The van der Waals surface area contributed by atoms with Crippen molar-refractivity contribution in [1.82, 2.24) is 26.6 Å². The summed E-state index contributed by atoms with van der Waals surface area (Å²) in [4.78, 5) is 86.2. The molecule has 0 bridgehead atoms. The fourth-order valence-corrected chi connectivity index (χ4v) is 4.16. The zero-order chi connectivity index (χ0) is 35.4. The monoisotopic (exact) mass is 659 g/mol. The summed E-state index contributed by atoms with van der Waals surface area (Å²) in [5.41, 5.74) is 16.3. The lowest BCUT2D eigenvalue weighted by atomic mass is 10.0. The van der Waals surface area contributed by atoms with E-state index < -0.39 is 91.0 Å². The number of carbonyl (C=O) groups is 7. The highest BCUT2D eigenvalue weighted by molar-refractivity contribution is 5.96. The lowest BCUT2D eigenvalue weighted by Gasteiger charge is -2.27. The molecule has 15 N–H and O–H groups in total. The van der Waals surface area contributed by atoms with Gasteiger partial charge in [-0.2, -0.15) is 0 Å². The third-order valence-corrected chi connectivity index (χ3v) is 6.53. The van der Waals surface area contributed by atoms with Crippen molar-refractivity contribution in [2.45, 2.75) is 102 Å². The van der Waals surface area contributed by atoms with Crippen LogP contribution in [0, 0.1) is 11.3 Å². The predicted octanol–water partition coefficient (Wildman–Crippen LogP) is -2.88. The van der Waals surface area contributed by atoms with E-state index in [2.05, 4.69) is 26.6 Å². The van der Waals surface area contributed by atoms with E-state index in [0.29, 0.717) is 19.4 Å². The molecule has 5 atom stereocenters. The number of hydrogen-bond donors (Lipinski definition) is 12. The molecule has 19 heteroatoms. The summed E-state index contributed by atoms with van der Waals surface area (Å²) in [6.07, 6.45) is -0.388. The van der Waals surface area contributed by atoms with Gasteiger partial charge < -0.3 is 59.1 Å². The van der Waals surface area contributed by atoms with Crippen LogP contribution >= 0.6 is 0 Å². The molecule has 0 aliphatic carbocycles. The third-order valence-electron chi connectivity index (χ3n) is 6.53. The van der Waals surface area contributed by atoms with E-state index in [1.54, 1.807) is 13.8 Å². The molecule has 0 aromatic carbocycles. The minimum absolute atomic E-state index is 0.00586. The van der Waals surface area contributed by atoms with Crippen LogP contribution in [0.5, 0.6) is 0 Å². The van der Waals surface area contributed by atoms with Gasteiger partial charge in [-0.05, 0) is 57.4 Å². The molecular weight excluding hydrogens is 610 g/mol. The van der Waals surface area contributed by atoms with Gasteiger partial charge in [0.1, 0.15) is 24.2 Å². The van der Waals surface area contributed by atoms with Crippen LogP contribution in [0.1, 0.15) is 71.6 Å². The Hall–Kier alpha value is -4.52. The maximum atomic E-state index is 13.5. The van der Waals surface area contributed by atoms with Crippen LogP contribution < -0.4 is 43.8 Å². The van der Waals surface area contributed by atoms with Gasteiger partial charge in [0.25, 0.3) is 0 Å². The number of carboxylic acid groups (broad SMARTS) is 3. The Labute approximate surface area is 266 Å². The van der Waals surface area contributed by atoms with Gasteiger partial charge in [-0.15, -0.1) is 0 Å². The molecule has 0 saturated carbocycles. The Morgan fingerprint density at radius 2 is 1.20 bits per heavy atom. The molecule has 0 heterocycles. The normalized spacial score (nSPS) is 14.1. The van der Waals surface area contributed by atoms with Gasteiger partial charge in [0.15, 0.2) is 5.96 Å². The highest BCUT2D eigenvalue weighted by atomic mass is 16.4. The van der Waals surface area contributed by atoms with Crippen molar-refractivity contribution in [2.75, 3.05) is 13.1 Å². The molecule has 0 fully saturated rings. The van der Waals surface area contributed by atoms with Crippen LogP contribution in [0.4, 0.5) is 0 Å². The number of carboxylic acids is 3. The average Bonchev–Trinajstić information content (AvgIpc) is 2.94. The number of carbonyl (C=O) groups excluding carboxylic acids is 4. The van der Waals surface area contributed by atoms with Crippen LogP contribution in [-0.2, 0) is 33.6 Å². The van der Waals surface area contributed by atoms with Gasteiger partial charge >= 0.3 is 17.9 Å². The highest BCUT2D eigenvalue weighted by Gasteiger charge is 2.32. The largest absolute Gasteiger partial charge is 0.481 e. The number of unbranched alkanes of at least 4 members (excludes halogenated alkanes) is 1. The topological polar surface area (TPSA) is 342 Å². The van der Waals surface area contributed by atoms with Gasteiger partial charge in [-0.1, -0.05) is 13.8 Å². The first-order chi connectivity index (χ1) is 21.5. The number of amides is 4. The second kappa shape index (κ2) is 22.1. The first kappa shape index (κ1) is 41.5. The van der Waals surface area contributed by atoms with Crippen molar-refractivity contribution in [3.05, 3.63) is 0 Å². The molecule has 0 saturated heterocycles. The molecule has 0 aliphatic rings. The Balaban J connectivity index is 6.01. The zero-order valence-corrected chi connectivity index (χ0v) is 26.2. The number of aliphatic carboxylic acids is 3. The quantitative estimate of drug-likeness (QED) is 0.0281. The molecule has 0 radical (unpaired) electrons. The van der Waals surface area contributed by atoms with E-state index in [1.807, 2.05) is 0 Å². The standard InChI is InChI=1S/C27H49N9O10/c1-14(2)12-19(36-24(43)17(8-9-20(37)38)33-22(41)15(29)13-21(39)40)25(44)34-16(7-5-11-32-27(30)31)23(42)35-18(26(45)46)6-3-4-10-28/h14-19H,3-13,28-29H2,1-2H3,(H,33,41)(H,34,44)(H,35,42)(H,36,43)(H,37,38)(H,39,40)(H,45,46)(H4,30,31,32)/t15-,16+,17+,18-,19+/m1/s1. The zero-order valence-electron chi connectivity index (χ0n) is 26.2. The van der Waals surface area contributed by atoms with Gasteiger partial charge in [0.05, 0.1) is 12.5 Å². The summed E-state index contributed by atoms with van der Waals surface area (Å²) in [5.74, 6) is -8.02. The minimum atomic E-state index is -1.53. The summed E-state index contributed by atoms with van der Waals surface area (Å²) in [7, 11) is 0.